The van der Waals surface area contributed by atoms with Crippen molar-refractivity contribution >= 4 is 30.5 Å². The Labute approximate surface area is 198 Å². The van der Waals surface area contributed by atoms with Gasteiger partial charge in [0.05, 0.1) is 24.5 Å². The molecule has 2 aliphatic heterocycles. The van der Waals surface area contributed by atoms with Crippen LogP contribution in [-0.2, 0) is 29.2 Å². The maximum atomic E-state index is 13.0. The van der Waals surface area contributed by atoms with Crippen LogP contribution in [0, 0.1) is 0 Å². The van der Waals surface area contributed by atoms with Crippen LogP contribution in [0.2, 0.25) is 5.02 Å². The van der Waals surface area contributed by atoms with Crippen LogP contribution < -0.4 is 0 Å². The first kappa shape index (κ1) is 26.3. The summed E-state index contributed by atoms with van der Waals surface area (Å²) in [6.07, 6.45) is 3.87. The van der Waals surface area contributed by atoms with Crippen LogP contribution in [0.4, 0.5) is 0 Å². The lowest BCUT2D eigenvalue weighted by molar-refractivity contribution is -0.123. The number of hydrogen-bond acceptors (Lipinski definition) is 5. The molecule has 3 heterocycles. The van der Waals surface area contributed by atoms with E-state index in [4.69, 9.17) is 36.5 Å². The number of benzene rings is 1. The van der Waals surface area contributed by atoms with Crippen molar-refractivity contribution < 1.29 is 24.6 Å². The first-order valence-electron chi connectivity index (χ1n) is 10.9. The highest BCUT2D eigenvalue weighted by molar-refractivity contribution is 6.30. The van der Waals surface area contributed by atoms with Crippen LogP contribution in [-0.4, -0.2) is 61.7 Å². The number of piperidine rings is 1. The minimum Gasteiger partial charge on any atom is -0.483 e. The summed E-state index contributed by atoms with van der Waals surface area (Å²) < 4.78 is 2.11. The summed E-state index contributed by atoms with van der Waals surface area (Å²) in [6.45, 7) is 8.24. The molecule has 33 heavy (non-hydrogen) atoms. The van der Waals surface area contributed by atoms with Gasteiger partial charge in [0.2, 0.25) is 0 Å². The molecule has 0 spiro atoms. The molecule has 180 valence electrons. The van der Waals surface area contributed by atoms with Gasteiger partial charge in [0.25, 0.3) is 18.9 Å². The molecule has 1 amide bonds. The number of fused-ring (bicyclic) bond motifs is 1. The molecule has 2 aromatic rings. The number of aromatic nitrogens is 2. The van der Waals surface area contributed by atoms with E-state index in [0.29, 0.717) is 23.7 Å². The molecule has 1 aromatic carbocycles. The van der Waals surface area contributed by atoms with Crippen molar-refractivity contribution in [3.63, 3.8) is 0 Å². The summed E-state index contributed by atoms with van der Waals surface area (Å²) in [4.78, 5) is 34.1. The molecule has 2 aliphatic rings. The summed E-state index contributed by atoms with van der Waals surface area (Å²) in [6, 6.07) is 7.49. The quantitative estimate of drug-likeness (QED) is 0.644. The van der Waals surface area contributed by atoms with E-state index < -0.39 is 0 Å². The number of nitrogens with zero attached hydrogens (tertiary/aromatic N) is 4. The topological polar surface area (TPSA) is 116 Å². The van der Waals surface area contributed by atoms with E-state index in [0.717, 1.165) is 25.3 Å². The van der Waals surface area contributed by atoms with Gasteiger partial charge in [-0.05, 0) is 58.0 Å². The molecule has 1 fully saturated rings. The third-order valence-corrected chi connectivity index (χ3v) is 5.80. The average Bonchev–Trinajstić information content (AvgIpc) is 3.35. The van der Waals surface area contributed by atoms with Crippen LogP contribution in [0.15, 0.2) is 24.3 Å². The van der Waals surface area contributed by atoms with E-state index in [9.17, 15) is 4.79 Å². The fraction of sp³-hybridized carbons (Fsp3) is 0.478. The minimum atomic E-state index is -0.250. The summed E-state index contributed by atoms with van der Waals surface area (Å²) >= 11 is 6.07. The molecule has 10 heteroatoms. The Kier molecular flexibility index (Phi) is 10.3. The lowest BCUT2D eigenvalue weighted by atomic mass is 10.1. The first-order valence-corrected chi connectivity index (χ1v) is 11.3. The highest BCUT2D eigenvalue weighted by Crippen LogP contribution is 2.30. The van der Waals surface area contributed by atoms with Gasteiger partial charge in [0, 0.05) is 28.7 Å². The fourth-order valence-corrected chi connectivity index (χ4v) is 4.36. The standard InChI is InChI=1S/C21H27ClN4O.2CH2O2/c1-15(2)26-20-14-25(21(27)16-7-6-8-17(22)11-16)12-18(20)19(23-26)13-24-9-4-3-5-10-24;2*2-1-3/h6-8,11,15H,3-5,9-10,12-14H2,1-2H3;2*1H,(H,2,3). The van der Waals surface area contributed by atoms with Crippen molar-refractivity contribution in [2.75, 3.05) is 13.1 Å². The number of amides is 1. The van der Waals surface area contributed by atoms with Crippen LogP contribution >= 0.6 is 11.6 Å². The second kappa shape index (κ2) is 13.0. The van der Waals surface area contributed by atoms with Gasteiger partial charge in [-0.3, -0.25) is 24.0 Å². The maximum Gasteiger partial charge on any atom is 0.290 e. The number of hydrogen-bond donors (Lipinski definition) is 2. The van der Waals surface area contributed by atoms with Gasteiger partial charge in [0.15, 0.2) is 0 Å². The Morgan fingerprint density at radius 2 is 1.76 bits per heavy atom. The molecular weight excluding hydrogens is 448 g/mol. The molecule has 1 saturated heterocycles. The number of carbonyl (C=O) groups is 3. The van der Waals surface area contributed by atoms with Crippen molar-refractivity contribution in [2.45, 2.75) is 58.8 Å². The smallest absolute Gasteiger partial charge is 0.290 e. The van der Waals surface area contributed by atoms with E-state index in [2.05, 4.69) is 23.4 Å². The Morgan fingerprint density at radius 1 is 1.12 bits per heavy atom. The molecule has 0 atom stereocenters. The van der Waals surface area contributed by atoms with E-state index >= 15 is 0 Å². The van der Waals surface area contributed by atoms with Crippen molar-refractivity contribution in [1.29, 1.82) is 0 Å². The zero-order valence-corrected chi connectivity index (χ0v) is 19.7. The Balaban J connectivity index is 0.000000582. The normalized spacial score (nSPS) is 15.1. The van der Waals surface area contributed by atoms with Gasteiger partial charge < -0.3 is 15.1 Å². The molecule has 0 unspecified atom stereocenters. The maximum absolute atomic E-state index is 13.0. The summed E-state index contributed by atoms with van der Waals surface area (Å²) in [7, 11) is 0. The van der Waals surface area contributed by atoms with Crippen LogP contribution in [0.5, 0.6) is 0 Å². The Bertz CT molecular complexity index is 935. The van der Waals surface area contributed by atoms with E-state index in [-0.39, 0.29) is 24.9 Å². The third kappa shape index (κ3) is 7.03. The predicted octanol–water partition coefficient (Wildman–Crippen LogP) is 3.66. The van der Waals surface area contributed by atoms with Crippen LogP contribution in [0.3, 0.4) is 0 Å². The molecule has 0 radical (unpaired) electrons. The van der Waals surface area contributed by atoms with E-state index in [1.807, 2.05) is 17.0 Å². The highest BCUT2D eigenvalue weighted by Gasteiger charge is 2.32. The summed E-state index contributed by atoms with van der Waals surface area (Å²) in [5.74, 6) is 0.0351. The monoisotopic (exact) mass is 478 g/mol. The molecule has 9 nitrogen and oxygen atoms in total. The summed E-state index contributed by atoms with van der Waals surface area (Å²) in [5.41, 5.74) is 4.22. The van der Waals surface area contributed by atoms with Gasteiger partial charge in [-0.1, -0.05) is 24.1 Å². The van der Waals surface area contributed by atoms with Crippen LogP contribution in [0.1, 0.15) is 66.5 Å². The first-order chi connectivity index (χ1) is 15.9. The third-order valence-electron chi connectivity index (χ3n) is 5.56. The molecule has 0 aliphatic carbocycles. The van der Waals surface area contributed by atoms with Gasteiger partial charge >= 0.3 is 0 Å². The summed E-state index contributed by atoms with van der Waals surface area (Å²) in [5, 5.41) is 19.3. The number of carboxylic acid groups (broad SMARTS) is 2. The second-order valence-electron chi connectivity index (χ2n) is 8.13. The molecule has 0 saturated carbocycles. The molecule has 2 N–H and O–H groups in total. The zero-order valence-electron chi connectivity index (χ0n) is 19.0. The lowest BCUT2D eigenvalue weighted by Crippen LogP contribution is -2.30. The Morgan fingerprint density at radius 3 is 2.33 bits per heavy atom. The number of likely N-dealkylation sites (tertiary alicyclic amines) is 1. The predicted molar refractivity (Wildman–Crippen MR) is 124 cm³/mol. The second-order valence-corrected chi connectivity index (χ2v) is 8.57. The van der Waals surface area contributed by atoms with E-state index in [1.54, 1.807) is 12.1 Å². The SMILES string of the molecule is CC(C)n1nc(CN2CCCCC2)c2c1CN(C(=O)c1cccc(Cl)c1)C2.O=CO.O=CO. The highest BCUT2D eigenvalue weighted by atomic mass is 35.5. The van der Waals surface area contributed by atoms with Crippen molar-refractivity contribution in [2.24, 2.45) is 0 Å². The van der Waals surface area contributed by atoms with Crippen molar-refractivity contribution in [1.82, 2.24) is 19.6 Å². The van der Waals surface area contributed by atoms with Gasteiger partial charge in [-0.25, -0.2) is 0 Å². The molecule has 1 aromatic heterocycles. The van der Waals surface area contributed by atoms with Crippen LogP contribution in [0.25, 0.3) is 0 Å². The Hall–Kier alpha value is -2.91. The largest absolute Gasteiger partial charge is 0.483 e. The fourth-order valence-electron chi connectivity index (χ4n) is 4.16. The average molecular weight is 479 g/mol. The van der Waals surface area contributed by atoms with Crippen molar-refractivity contribution in [3.05, 3.63) is 51.8 Å². The minimum absolute atomic E-state index is 0.0351. The zero-order chi connectivity index (χ0) is 24.4. The number of halogens is 1. The number of rotatable bonds is 4. The van der Waals surface area contributed by atoms with Crippen molar-refractivity contribution in [3.8, 4) is 0 Å². The molecule has 0 bridgehead atoms. The number of carbonyl (C=O) groups excluding carboxylic acids is 1. The van der Waals surface area contributed by atoms with Gasteiger partial charge in [-0.15, -0.1) is 0 Å². The van der Waals surface area contributed by atoms with Gasteiger partial charge in [-0.2, -0.15) is 5.10 Å². The molecular formula is C23H31ClN4O5. The van der Waals surface area contributed by atoms with Gasteiger partial charge in [0.1, 0.15) is 0 Å². The van der Waals surface area contributed by atoms with E-state index in [1.165, 1.54) is 30.5 Å². The lowest BCUT2D eigenvalue weighted by Gasteiger charge is -2.26. The molecule has 4 rings (SSSR count).